The second-order valence-corrected chi connectivity index (χ2v) is 5.48. The van der Waals surface area contributed by atoms with Crippen LogP contribution in [-0.2, 0) is 0 Å². The molecule has 0 spiro atoms. The summed E-state index contributed by atoms with van der Waals surface area (Å²) in [5, 5.41) is 13.5. The monoisotopic (exact) mass is 263 g/mol. The van der Waals surface area contributed by atoms with Gasteiger partial charge in [-0.15, -0.1) is 0 Å². The first-order chi connectivity index (χ1) is 9.16. The van der Waals surface area contributed by atoms with Crippen LogP contribution in [0.4, 0.5) is 0 Å². The van der Waals surface area contributed by atoms with E-state index in [0.717, 1.165) is 31.7 Å². The molecule has 0 saturated carbocycles. The Labute approximate surface area is 116 Å². The number of rotatable bonds is 5. The summed E-state index contributed by atoms with van der Waals surface area (Å²) in [6.45, 7) is 4.87. The molecule has 1 aliphatic heterocycles. The van der Waals surface area contributed by atoms with Gasteiger partial charge in [-0.2, -0.15) is 0 Å². The van der Waals surface area contributed by atoms with Crippen LogP contribution in [0, 0.1) is 0 Å². The van der Waals surface area contributed by atoms with E-state index in [1.165, 1.54) is 0 Å². The molecular formula is C15H25N3O. The molecule has 2 atom stereocenters. The van der Waals surface area contributed by atoms with Crippen LogP contribution >= 0.6 is 0 Å². The minimum absolute atomic E-state index is 0.423. The van der Waals surface area contributed by atoms with E-state index in [1.807, 2.05) is 30.3 Å². The van der Waals surface area contributed by atoms with E-state index < -0.39 is 6.10 Å². The molecule has 1 fully saturated rings. The normalized spacial score (nSPS) is 23.4. The number of piperazine rings is 1. The summed E-state index contributed by atoms with van der Waals surface area (Å²) in [7, 11) is 4.34. The second-order valence-electron chi connectivity index (χ2n) is 5.48. The molecule has 1 aromatic carbocycles. The van der Waals surface area contributed by atoms with Gasteiger partial charge in [0.05, 0.1) is 6.10 Å². The van der Waals surface area contributed by atoms with E-state index in [4.69, 9.17) is 0 Å². The Hall–Kier alpha value is -0.940. The van der Waals surface area contributed by atoms with Gasteiger partial charge in [0.2, 0.25) is 0 Å². The topological polar surface area (TPSA) is 38.7 Å². The van der Waals surface area contributed by atoms with Crippen molar-refractivity contribution in [1.82, 2.24) is 15.1 Å². The first-order valence-electron chi connectivity index (χ1n) is 6.99. The van der Waals surface area contributed by atoms with Crippen molar-refractivity contribution < 1.29 is 5.11 Å². The van der Waals surface area contributed by atoms with Gasteiger partial charge in [-0.05, 0) is 19.7 Å². The van der Waals surface area contributed by atoms with Crippen molar-refractivity contribution >= 4 is 0 Å². The fraction of sp³-hybridized carbons (Fsp3) is 0.600. The first-order valence-corrected chi connectivity index (χ1v) is 6.99. The van der Waals surface area contributed by atoms with E-state index in [9.17, 15) is 5.11 Å². The van der Waals surface area contributed by atoms with Crippen LogP contribution in [0.3, 0.4) is 0 Å². The molecule has 1 heterocycles. The number of aliphatic hydroxyl groups excluding tert-OH is 1. The molecule has 2 unspecified atom stereocenters. The summed E-state index contributed by atoms with van der Waals surface area (Å²) in [6.07, 6.45) is -0.423. The molecule has 1 aliphatic rings. The number of likely N-dealkylation sites (N-methyl/N-ethyl adjacent to an activating group) is 2. The lowest BCUT2D eigenvalue weighted by Gasteiger charge is -2.38. The lowest BCUT2D eigenvalue weighted by atomic mass is 10.1. The number of hydrogen-bond acceptors (Lipinski definition) is 4. The van der Waals surface area contributed by atoms with E-state index in [2.05, 4.69) is 29.2 Å². The van der Waals surface area contributed by atoms with Gasteiger partial charge < -0.3 is 15.3 Å². The van der Waals surface area contributed by atoms with Crippen LogP contribution in [0.2, 0.25) is 0 Å². The molecule has 0 radical (unpaired) electrons. The number of benzene rings is 1. The van der Waals surface area contributed by atoms with Crippen LogP contribution in [0.25, 0.3) is 0 Å². The second kappa shape index (κ2) is 7.01. The van der Waals surface area contributed by atoms with Crippen LogP contribution in [0.15, 0.2) is 30.3 Å². The minimum atomic E-state index is -0.423. The Morgan fingerprint density at radius 1 is 1.26 bits per heavy atom. The highest BCUT2D eigenvalue weighted by Crippen LogP contribution is 2.11. The lowest BCUT2D eigenvalue weighted by molar-refractivity contribution is 0.108. The predicted molar refractivity (Wildman–Crippen MR) is 78.2 cm³/mol. The van der Waals surface area contributed by atoms with Crippen LogP contribution < -0.4 is 5.32 Å². The summed E-state index contributed by atoms with van der Waals surface area (Å²) in [5.41, 5.74) is 0.976. The molecule has 0 aromatic heterocycles. The fourth-order valence-corrected chi connectivity index (χ4v) is 2.50. The van der Waals surface area contributed by atoms with Crippen molar-refractivity contribution in [1.29, 1.82) is 0 Å². The van der Waals surface area contributed by atoms with Crippen LogP contribution in [0.1, 0.15) is 11.7 Å². The van der Waals surface area contributed by atoms with Crippen molar-refractivity contribution in [3.63, 3.8) is 0 Å². The highest BCUT2D eigenvalue weighted by atomic mass is 16.3. The van der Waals surface area contributed by atoms with Gasteiger partial charge in [-0.25, -0.2) is 0 Å². The quantitative estimate of drug-likeness (QED) is 0.814. The molecule has 2 N–H and O–H groups in total. The van der Waals surface area contributed by atoms with Gasteiger partial charge in [0, 0.05) is 38.8 Å². The average molecular weight is 263 g/mol. The highest BCUT2D eigenvalue weighted by molar-refractivity contribution is 5.17. The van der Waals surface area contributed by atoms with Gasteiger partial charge in [-0.1, -0.05) is 30.3 Å². The first kappa shape index (κ1) is 14.5. The summed E-state index contributed by atoms with van der Waals surface area (Å²) in [5.74, 6) is 0. The Morgan fingerprint density at radius 2 is 2.00 bits per heavy atom. The third kappa shape index (κ3) is 4.28. The molecule has 2 rings (SSSR count). The van der Waals surface area contributed by atoms with Crippen molar-refractivity contribution in [2.24, 2.45) is 0 Å². The van der Waals surface area contributed by atoms with Gasteiger partial charge >= 0.3 is 0 Å². The van der Waals surface area contributed by atoms with E-state index in [1.54, 1.807) is 0 Å². The third-order valence-corrected chi connectivity index (χ3v) is 3.88. The zero-order valence-corrected chi connectivity index (χ0v) is 11.9. The molecule has 0 amide bonds. The molecule has 4 nitrogen and oxygen atoms in total. The minimum Gasteiger partial charge on any atom is -0.387 e. The van der Waals surface area contributed by atoms with Gasteiger partial charge in [-0.3, -0.25) is 4.90 Å². The largest absolute Gasteiger partial charge is 0.387 e. The smallest absolute Gasteiger partial charge is 0.0914 e. The van der Waals surface area contributed by atoms with Crippen molar-refractivity contribution in [3.8, 4) is 0 Å². The molecule has 1 aromatic rings. The molecular weight excluding hydrogens is 238 g/mol. The van der Waals surface area contributed by atoms with Crippen molar-refractivity contribution in [3.05, 3.63) is 35.9 Å². The Kier molecular flexibility index (Phi) is 5.34. The molecule has 19 heavy (non-hydrogen) atoms. The molecule has 4 heteroatoms. The van der Waals surface area contributed by atoms with Gasteiger partial charge in [0.1, 0.15) is 0 Å². The molecule has 0 bridgehead atoms. The highest BCUT2D eigenvalue weighted by Gasteiger charge is 2.21. The Bertz CT molecular complexity index is 371. The zero-order chi connectivity index (χ0) is 13.7. The van der Waals surface area contributed by atoms with Crippen molar-refractivity contribution in [2.45, 2.75) is 12.1 Å². The molecule has 0 aliphatic carbocycles. The van der Waals surface area contributed by atoms with Gasteiger partial charge in [0.25, 0.3) is 0 Å². The van der Waals surface area contributed by atoms with Gasteiger partial charge in [0.15, 0.2) is 0 Å². The number of nitrogens with zero attached hydrogens (tertiary/aromatic N) is 2. The summed E-state index contributed by atoms with van der Waals surface area (Å²) >= 11 is 0. The van der Waals surface area contributed by atoms with E-state index in [-0.39, 0.29) is 0 Å². The lowest BCUT2D eigenvalue weighted by Crippen LogP contribution is -2.54. The third-order valence-electron chi connectivity index (χ3n) is 3.88. The number of nitrogens with one attached hydrogen (secondary N) is 1. The Balaban J connectivity index is 1.74. The summed E-state index contributed by atoms with van der Waals surface area (Å²) in [6, 6.07) is 10.3. The zero-order valence-electron chi connectivity index (χ0n) is 11.9. The number of aliphatic hydroxyl groups is 1. The van der Waals surface area contributed by atoms with Crippen LogP contribution in [0.5, 0.6) is 0 Å². The average Bonchev–Trinajstić information content (AvgIpc) is 2.43. The maximum absolute atomic E-state index is 10.1. The maximum Gasteiger partial charge on any atom is 0.0914 e. The predicted octanol–water partition coefficient (Wildman–Crippen LogP) is 0.555. The Morgan fingerprint density at radius 3 is 2.74 bits per heavy atom. The van der Waals surface area contributed by atoms with E-state index >= 15 is 0 Å². The molecule has 106 valence electrons. The number of hydrogen-bond donors (Lipinski definition) is 2. The van der Waals surface area contributed by atoms with Crippen molar-refractivity contribution in [2.75, 3.05) is 46.8 Å². The fourth-order valence-electron chi connectivity index (χ4n) is 2.50. The van der Waals surface area contributed by atoms with E-state index in [0.29, 0.717) is 12.6 Å². The molecule has 1 saturated heterocycles. The SMILES string of the molecule is CN1CCN(C)C(CNCC(O)c2ccccc2)C1. The standard InChI is InChI=1S/C15H25N3O/c1-17-8-9-18(2)14(12-17)10-16-11-15(19)13-6-4-3-5-7-13/h3-7,14-16,19H,8-12H2,1-2H3. The summed E-state index contributed by atoms with van der Waals surface area (Å²) in [4.78, 5) is 4.75. The summed E-state index contributed by atoms with van der Waals surface area (Å²) < 4.78 is 0. The van der Waals surface area contributed by atoms with Crippen LogP contribution in [-0.4, -0.2) is 67.8 Å². The maximum atomic E-state index is 10.1.